The van der Waals surface area contributed by atoms with Crippen LogP contribution >= 0.6 is 0 Å². The Morgan fingerprint density at radius 3 is 2.59 bits per heavy atom. The fraction of sp³-hybridized carbons (Fsp3) is 0.474. The molecule has 0 saturated carbocycles. The van der Waals surface area contributed by atoms with Crippen molar-refractivity contribution in [2.45, 2.75) is 33.9 Å². The lowest BCUT2D eigenvalue weighted by atomic mass is 10.0. The highest BCUT2D eigenvalue weighted by Gasteiger charge is 2.27. The smallest absolute Gasteiger partial charge is 0.266 e. The van der Waals surface area contributed by atoms with Crippen LogP contribution in [0, 0.1) is 26.7 Å². The van der Waals surface area contributed by atoms with E-state index in [0.29, 0.717) is 18.3 Å². The maximum absolute atomic E-state index is 12.2. The second-order valence-corrected chi connectivity index (χ2v) is 7.46. The third kappa shape index (κ3) is 3.85. The molecule has 0 atom stereocenters. The van der Waals surface area contributed by atoms with Crippen LogP contribution in [-0.2, 0) is 13.1 Å². The van der Waals surface area contributed by atoms with E-state index >= 15 is 0 Å². The van der Waals surface area contributed by atoms with Gasteiger partial charge in [-0.05, 0) is 38.5 Å². The highest BCUT2D eigenvalue weighted by Crippen LogP contribution is 2.17. The Labute approximate surface area is 158 Å². The normalized spacial score (nSPS) is 15.2. The molecule has 0 aromatic carbocycles. The number of likely N-dealkylation sites (tertiary alicyclic amines) is 1. The molecule has 3 aromatic rings. The summed E-state index contributed by atoms with van der Waals surface area (Å²) in [4.78, 5) is 14.6. The lowest BCUT2D eigenvalue weighted by molar-refractivity contribution is 0.0794. The standard InChI is InChI=1S/C19H25N7O/c1-14-9-20-24(10-14)7-6-23-11-17(12-23)13-25-19(27)5-4-18(22-25)26-16(3)8-15(2)21-26/h4-5,8-10,17H,6-7,11-13H2,1-3H3. The molecule has 0 amide bonds. The Balaban J connectivity index is 1.36. The van der Waals surface area contributed by atoms with Gasteiger partial charge in [-0.15, -0.1) is 5.10 Å². The van der Waals surface area contributed by atoms with E-state index in [-0.39, 0.29) is 5.56 Å². The van der Waals surface area contributed by atoms with Gasteiger partial charge in [-0.3, -0.25) is 9.48 Å². The van der Waals surface area contributed by atoms with Crippen LogP contribution in [0.15, 0.2) is 35.4 Å². The van der Waals surface area contributed by atoms with Crippen molar-refractivity contribution in [3.05, 3.63) is 57.9 Å². The van der Waals surface area contributed by atoms with Gasteiger partial charge in [0, 0.05) is 43.5 Å². The number of nitrogens with zero attached hydrogens (tertiary/aromatic N) is 7. The maximum atomic E-state index is 12.2. The average Bonchev–Trinajstić information content (AvgIpc) is 3.16. The van der Waals surface area contributed by atoms with Crippen LogP contribution in [0.5, 0.6) is 0 Å². The van der Waals surface area contributed by atoms with Crippen molar-refractivity contribution < 1.29 is 0 Å². The molecule has 8 nitrogen and oxygen atoms in total. The van der Waals surface area contributed by atoms with Crippen LogP contribution in [0.4, 0.5) is 0 Å². The van der Waals surface area contributed by atoms with Crippen molar-refractivity contribution in [1.29, 1.82) is 0 Å². The van der Waals surface area contributed by atoms with Crippen molar-refractivity contribution in [3.63, 3.8) is 0 Å². The summed E-state index contributed by atoms with van der Waals surface area (Å²) in [6.07, 6.45) is 3.94. The van der Waals surface area contributed by atoms with Crippen LogP contribution in [0.25, 0.3) is 5.82 Å². The lowest BCUT2D eigenvalue weighted by Gasteiger charge is -2.39. The van der Waals surface area contributed by atoms with Crippen molar-refractivity contribution in [1.82, 2.24) is 34.2 Å². The summed E-state index contributed by atoms with van der Waals surface area (Å²) in [7, 11) is 0. The molecule has 0 N–H and O–H groups in total. The summed E-state index contributed by atoms with van der Waals surface area (Å²) < 4.78 is 5.33. The molecule has 0 aliphatic carbocycles. The van der Waals surface area contributed by atoms with E-state index in [4.69, 9.17) is 0 Å². The van der Waals surface area contributed by atoms with E-state index in [1.54, 1.807) is 21.5 Å². The minimum Gasteiger partial charge on any atom is -0.301 e. The average molecular weight is 367 g/mol. The number of rotatable bonds is 6. The highest BCUT2D eigenvalue weighted by molar-refractivity contribution is 5.23. The Bertz CT molecular complexity index is 994. The van der Waals surface area contributed by atoms with Crippen molar-refractivity contribution in [2.75, 3.05) is 19.6 Å². The molecule has 0 spiro atoms. The quantitative estimate of drug-likeness (QED) is 0.654. The number of aromatic nitrogens is 6. The van der Waals surface area contributed by atoms with Crippen LogP contribution in [0.1, 0.15) is 17.0 Å². The van der Waals surface area contributed by atoms with E-state index in [0.717, 1.165) is 37.6 Å². The predicted molar refractivity (Wildman–Crippen MR) is 102 cm³/mol. The molecule has 3 aromatic heterocycles. The Morgan fingerprint density at radius 1 is 1.11 bits per heavy atom. The minimum atomic E-state index is -0.0641. The fourth-order valence-corrected chi connectivity index (χ4v) is 3.60. The molecular formula is C19H25N7O. The predicted octanol–water partition coefficient (Wildman–Crippen LogP) is 1.18. The highest BCUT2D eigenvalue weighted by atomic mass is 16.1. The largest absolute Gasteiger partial charge is 0.301 e. The van der Waals surface area contributed by atoms with E-state index in [1.165, 1.54) is 5.56 Å². The summed E-state index contributed by atoms with van der Waals surface area (Å²) in [6.45, 7) is 10.5. The van der Waals surface area contributed by atoms with Crippen molar-refractivity contribution in [2.24, 2.45) is 5.92 Å². The zero-order valence-electron chi connectivity index (χ0n) is 16.0. The molecule has 1 aliphatic heterocycles. The lowest BCUT2D eigenvalue weighted by Crippen LogP contribution is -2.50. The maximum Gasteiger partial charge on any atom is 0.266 e. The van der Waals surface area contributed by atoms with Gasteiger partial charge in [-0.2, -0.15) is 10.2 Å². The molecule has 4 heterocycles. The van der Waals surface area contributed by atoms with Gasteiger partial charge < -0.3 is 4.90 Å². The SMILES string of the molecule is Cc1cnn(CCN2CC(Cn3nc(-n4nc(C)cc4C)ccc3=O)C2)c1. The molecule has 27 heavy (non-hydrogen) atoms. The van der Waals surface area contributed by atoms with Gasteiger partial charge in [0.1, 0.15) is 0 Å². The Kier molecular flexibility index (Phi) is 4.65. The summed E-state index contributed by atoms with van der Waals surface area (Å²) in [5.41, 5.74) is 3.07. The third-order valence-electron chi connectivity index (χ3n) is 4.95. The van der Waals surface area contributed by atoms with Gasteiger partial charge in [-0.1, -0.05) is 0 Å². The van der Waals surface area contributed by atoms with E-state index < -0.39 is 0 Å². The van der Waals surface area contributed by atoms with E-state index in [2.05, 4.69) is 26.4 Å². The molecule has 8 heteroatoms. The van der Waals surface area contributed by atoms with Crippen molar-refractivity contribution in [3.8, 4) is 5.82 Å². The monoisotopic (exact) mass is 367 g/mol. The second kappa shape index (κ2) is 7.11. The number of aryl methyl sites for hydroxylation is 3. The van der Waals surface area contributed by atoms with Gasteiger partial charge in [0.15, 0.2) is 5.82 Å². The molecular weight excluding hydrogens is 342 g/mol. The topological polar surface area (TPSA) is 73.8 Å². The van der Waals surface area contributed by atoms with Gasteiger partial charge in [0.2, 0.25) is 0 Å². The number of hydrogen-bond acceptors (Lipinski definition) is 5. The van der Waals surface area contributed by atoms with Gasteiger partial charge >= 0.3 is 0 Å². The van der Waals surface area contributed by atoms with Crippen molar-refractivity contribution >= 4 is 0 Å². The molecule has 0 bridgehead atoms. The first-order chi connectivity index (χ1) is 13.0. The van der Waals surface area contributed by atoms with Crippen LogP contribution in [0.3, 0.4) is 0 Å². The summed E-state index contributed by atoms with van der Waals surface area (Å²) in [5.74, 6) is 1.13. The summed E-state index contributed by atoms with van der Waals surface area (Å²) in [6, 6.07) is 5.31. The first-order valence-electron chi connectivity index (χ1n) is 9.31. The first-order valence-corrected chi connectivity index (χ1v) is 9.31. The molecule has 1 aliphatic rings. The van der Waals surface area contributed by atoms with Crippen LogP contribution in [0.2, 0.25) is 0 Å². The Morgan fingerprint density at radius 2 is 1.93 bits per heavy atom. The van der Waals surface area contributed by atoms with Gasteiger partial charge in [0.25, 0.3) is 5.56 Å². The van der Waals surface area contributed by atoms with E-state index in [1.807, 2.05) is 37.7 Å². The van der Waals surface area contributed by atoms with Gasteiger partial charge in [-0.25, -0.2) is 9.36 Å². The molecule has 0 radical (unpaired) electrons. The molecule has 4 rings (SSSR count). The van der Waals surface area contributed by atoms with Crippen LogP contribution < -0.4 is 5.56 Å². The zero-order valence-corrected chi connectivity index (χ0v) is 16.0. The van der Waals surface area contributed by atoms with E-state index in [9.17, 15) is 4.79 Å². The minimum absolute atomic E-state index is 0.0641. The fourth-order valence-electron chi connectivity index (χ4n) is 3.60. The second-order valence-electron chi connectivity index (χ2n) is 7.46. The molecule has 1 saturated heterocycles. The Hall–Kier alpha value is -2.74. The molecule has 0 unspecified atom stereocenters. The summed E-state index contributed by atoms with van der Waals surface area (Å²) in [5, 5.41) is 13.3. The van der Waals surface area contributed by atoms with Gasteiger partial charge in [0.05, 0.1) is 25.0 Å². The molecule has 142 valence electrons. The molecule has 1 fully saturated rings. The number of hydrogen-bond donors (Lipinski definition) is 0. The third-order valence-corrected chi connectivity index (χ3v) is 4.95. The zero-order chi connectivity index (χ0) is 19.0. The summed E-state index contributed by atoms with van der Waals surface area (Å²) >= 11 is 0. The van der Waals surface area contributed by atoms with Crippen LogP contribution in [-0.4, -0.2) is 53.9 Å². The first kappa shape index (κ1) is 17.7.